The van der Waals surface area contributed by atoms with Crippen LogP contribution in [0.4, 0.5) is 5.82 Å². The number of halogens is 2. The van der Waals surface area contributed by atoms with E-state index in [9.17, 15) is 4.79 Å². The van der Waals surface area contributed by atoms with Crippen molar-refractivity contribution < 1.29 is 0 Å². The summed E-state index contributed by atoms with van der Waals surface area (Å²) in [6.45, 7) is 3.52. The number of fused-ring (bicyclic) bond motifs is 1. The van der Waals surface area contributed by atoms with E-state index in [2.05, 4.69) is 25.4 Å². The molecule has 1 N–H and O–H groups in total. The van der Waals surface area contributed by atoms with Crippen LogP contribution in [0, 0.1) is 6.92 Å². The van der Waals surface area contributed by atoms with Gasteiger partial charge < -0.3 is 9.88 Å². The molecule has 5 rings (SSSR count). The number of benzene rings is 1. The van der Waals surface area contributed by atoms with Crippen molar-refractivity contribution in [1.29, 1.82) is 0 Å². The lowest BCUT2D eigenvalue weighted by Gasteiger charge is -2.08. The molecule has 176 valence electrons. The van der Waals surface area contributed by atoms with E-state index in [1.165, 1.54) is 12.4 Å². The quantitative estimate of drug-likeness (QED) is 0.344. The number of nitrogens with one attached hydrogen (secondary N) is 1. The zero-order valence-corrected chi connectivity index (χ0v) is 20.3. The molecule has 0 bridgehead atoms. The van der Waals surface area contributed by atoms with Gasteiger partial charge in [0.15, 0.2) is 5.65 Å². The lowest BCUT2D eigenvalue weighted by molar-refractivity contribution is 0.692. The summed E-state index contributed by atoms with van der Waals surface area (Å²) in [6, 6.07) is 13.0. The Bertz CT molecular complexity index is 1560. The van der Waals surface area contributed by atoms with Crippen molar-refractivity contribution in [3.05, 3.63) is 110 Å². The summed E-state index contributed by atoms with van der Waals surface area (Å²) < 4.78 is 3.43. The van der Waals surface area contributed by atoms with E-state index in [-0.39, 0.29) is 5.56 Å². The molecular weight excluding hydrogens is 485 g/mol. The molecule has 1 aromatic carbocycles. The highest BCUT2D eigenvalue weighted by molar-refractivity contribution is 6.30. The van der Waals surface area contributed by atoms with E-state index in [1.54, 1.807) is 23.0 Å². The number of anilines is 1. The van der Waals surface area contributed by atoms with Crippen LogP contribution in [0.2, 0.25) is 10.0 Å². The molecule has 0 atom stereocenters. The maximum atomic E-state index is 12.0. The van der Waals surface area contributed by atoms with Crippen LogP contribution in [-0.4, -0.2) is 29.3 Å². The van der Waals surface area contributed by atoms with E-state index >= 15 is 0 Å². The monoisotopic (exact) mass is 505 g/mol. The molecule has 5 aromatic rings. The summed E-state index contributed by atoms with van der Waals surface area (Å²) >= 11 is 12.0. The number of aryl methyl sites for hydroxylation is 1. The first-order valence-electron chi connectivity index (χ1n) is 10.9. The largest absolute Gasteiger partial charge is 0.364 e. The van der Waals surface area contributed by atoms with Crippen LogP contribution in [-0.2, 0) is 19.6 Å². The summed E-state index contributed by atoms with van der Waals surface area (Å²) in [5.74, 6) is 0.694. The minimum absolute atomic E-state index is 0.0887. The molecule has 0 fully saturated rings. The topological polar surface area (TPSA) is 90.5 Å². The van der Waals surface area contributed by atoms with Gasteiger partial charge in [-0.3, -0.25) is 14.5 Å². The second-order valence-corrected chi connectivity index (χ2v) is 9.06. The van der Waals surface area contributed by atoms with Gasteiger partial charge in [0.05, 0.1) is 40.8 Å². The Hall–Kier alpha value is -3.75. The smallest absolute Gasteiger partial charge is 0.250 e. The summed E-state index contributed by atoms with van der Waals surface area (Å²) in [6.07, 6.45) is 6.71. The van der Waals surface area contributed by atoms with E-state index < -0.39 is 0 Å². The van der Waals surface area contributed by atoms with Gasteiger partial charge in [-0.15, -0.1) is 0 Å². The van der Waals surface area contributed by atoms with Crippen LogP contribution in [0.25, 0.3) is 11.0 Å². The highest BCUT2D eigenvalue weighted by Crippen LogP contribution is 2.20. The molecule has 0 spiro atoms. The summed E-state index contributed by atoms with van der Waals surface area (Å²) in [4.78, 5) is 25.1. The molecule has 0 radical (unpaired) electrons. The normalized spacial score (nSPS) is 11.2. The Kier molecular flexibility index (Phi) is 6.48. The zero-order valence-electron chi connectivity index (χ0n) is 18.8. The van der Waals surface area contributed by atoms with Gasteiger partial charge >= 0.3 is 0 Å². The maximum Gasteiger partial charge on any atom is 0.250 e. The SMILES string of the molecule is Cc1cc(Cl)cnc1CNc1ncnc2nn(Cc3ccc(Cn4cc(Cl)ccc4=O)cc3)cc12. The first kappa shape index (κ1) is 23.0. The molecule has 0 saturated heterocycles. The number of pyridine rings is 2. The van der Waals surface area contributed by atoms with Gasteiger partial charge in [-0.2, -0.15) is 5.10 Å². The highest BCUT2D eigenvalue weighted by atomic mass is 35.5. The van der Waals surface area contributed by atoms with E-state index in [1.807, 2.05) is 48.1 Å². The molecule has 10 heteroatoms. The Balaban J connectivity index is 1.30. The number of rotatable bonds is 7. The molecule has 4 aromatic heterocycles. The number of hydrogen-bond acceptors (Lipinski definition) is 6. The molecule has 0 aliphatic heterocycles. The van der Waals surface area contributed by atoms with Crippen LogP contribution >= 0.6 is 23.2 Å². The summed E-state index contributed by atoms with van der Waals surface area (Å²) in [5.41, 5.74) is 4.51. The van der Waals surface area contributed by atoms with Crippen molar-refractivity contribution in [3.63, 3.8) is 0 Å². The third-order valence-corrected chi connectivity index (χ3v) is 6.04. The van der Waals surface area contributed by atoms with Crippen molar-refractivity contribution in [2.75, 3.05) is 5.32 Å². The van der Waals surface area contributed by atoms with Gasteiger partial charge in [0, 0.05) is 24.7 Å². The molecule has 35 heavy (non-hydrogen) atoms. The molecular formula is C25H21Cl2N7O. The second kappa shape index (κ2) is 9.85. The minimum atomic E-state index is -0.0887. The van der Waals surface area contributed by atoms with E-state index in [0.717, 1.165) is 27.8 Å². The second-order valence-electron chi connectivity index (χ2n) is 8.19. The van der Waals surface area contributed by atoms with Crippen LogP contribution in [0.3, 0.4) is 0 Å². The average molecular weight is 506 g/mol. The molecule has 0 aliphatic rings. The van der Waals surface area contributed by atoms with Crippen molar-refractivity contribution in [1.82, 2.24) is 29.3 Å². The van der Waals surface area contributed by atoms with Crippen molar-refractivity contribution >= 4 is 40.1 Å². The van der Waals surface area contributed by atoms with Gasteiger partial charge in [-0.1, -0.05) is 47.5 Å². The van der Waals surface area contributed by atoms with Crippen molar-refractivity contribution in [2.45, 2.75) is 26.6 Å². The Morgan fingerprint density at radius 3 is 2.46 bits per heavy atom. The third kappa shape index (κ3) is 5.34. The zero-order chi connectivity index (χ0) is 24.4. The van der Waals surface area contributed by atoms with Crippen molar-refractivity contribution in [3.8, 4) is 0 Å². The van der Waals surface area contributed by atoms with Crippen LogP contribution in [0.5, 0.6) is 0 Å². The first-order chi connectivity index (χ1) is 16.9. The number of aromatic nitrogens is 6. The molecule has 4 heterocycles. The molecule has 0 unspecified atom stereocenters. The predicted molar refractivity (Wildman–Crippen MR) is 137 cm³/mol. The average Bonchev–Trinajstić information content (AvgIpc) is 3.25. The standard InChI is InChI=1S/C25H21Cl2N7O/c1-16-8-20(27)9-28-22(16)10-29-24-21-14-34(32-25(21)31-15-30-24)12-18-4-2-17(3-5-18)11-33-13-19(26)6-7-23(33)35/h2-9,13-15H,10-12H2,1H3,(H,29,30,31,32). The fraction of sp³-hybridized carbons (Fsp3) is 0.160. The van der Waals surface area contributed by atoms with Crippen LogP contribution in [0.1, 0.15) is 22.4 Å². The minimum Gasteiger partial charge on any atom is -0.364 e. The fourth-order valence-corrected chi connectivity index (χ4v) is 4.18. The number of hydrogen-bond donors (Lipinski definition) is 1. The predicted octanol–water partition coefficient (Wildman–Crippen LogP) is 4.71. The summed E-state index contributed by atoms with van der Waals surface area (Å²) in [5, 5.41) is 9.90. The Morgan fingerprint density at radius 2 is 1.69 bits per heavy atom. The molecule has 0 amide bonds. The third-order valence-electron chi connectivity index (χ3n) is 5.61. The highest BCUT2D eigenvalue weighted by Gasteiger charge is 2.10. The van der Waals surface area contributed by atoms with Crippen LogP contribution < -0.4 is 10.9 Å². The number of nitrogens with zero attached hydrogens (tertiary/aromatic N) is 6. The van der Waals surface area contributed by atoms with Gasteiger partial charge in [-0.25, -0.2) is 9.97 Å². The Morgan fingerprint density at radius 1 is 0.914 bits per heavy atom. The van der Waals surface area contributed by atoms with E-state index in [4.69, 9.17) is 23.2 Å². The lowest BCUT2D eigenvalue weighted by Crippen LogP contribution is -2.18. The fourth-order valence-electron chi connectivity index (χ4n) is 3.79. The lowest BCUT2D eigenvalue weighted by atomic mass is 10.1. The van der Waals surface area contributed by atoms with Gasteiger partial charge in [0.1, 0.15) is 12.1 Å². The Labute approximate surface area is 211 Å². The first-order valence-corrected chi connectivity index (χ1v) is 11.7. The molecule has 0 aliphatic carbocycles. The van der Waals surface area contributed by atoms with Gasteiger partial charge in [-0.05, 0) is 35.7 Å². The molecule has 0 saturated carbocycles. The van der Waals surface area contributed by atoms with Gasteiger partial charge in [0.25, 0.3) is 5.56 Å². The van der Waals surface area contributed by atoms with Crippen molar-refractivity contribution in [2.24, 2.45) is 0 Å². The maximum absolute atomic E-state index is 12.0. The van der Waals surface area contributed by atoms with Gasteiger partial charge in [0.2, 0.25) is 0 Å². The van der Waals surface area contributed by atoms with E-state index in [0.29, 0.717) is 41.1 Å². The van der Waals surface area contributed by atoms with Crippen LogP contribution in [0.15, 0.2) is 72.2 Å². The summed E-state index contributed by atoms with van der Waals surface area (Å²) in [7, 11) is 0. The molecule has 8 nitrogen and oxygen atoms in total.